The Hall–Kier alpha value is -0.980. The maximum absolute atomic E-state index is 13.3. The number of rotatable bonds is 5. The number of hydrogen-bond acceptors (Lipinski definition) is 3. The van der Waals surface area contributed by atoms with Crippen LogP contribution in [0, 0.1) is 11.7 Å². The van der Waals surface area contributed by atoms with E-state index in [4.69, 9.17) is 0 Å². The summed E-state index contributed by atoms with van der Waals surface area (Å²) in [5.41, 5.74) is 0. The van der Waals surface area contributed by atoms with Gasteiger partial charge in [-0.1, -0.05) is 6.07 Å². The van der Waals surface area contributed by atoms with Gasteiger partial charge in [-0.25, -0.2) is 12.8 Å². The van der Waals surface area contributed by atoms with Gasteiger partial charge in [-0.05, 0) is 63.9 Å². The summed E-state index contributed by atoms with van der Waals surface area (Å²) in [6.07, 6.45) is 1.95. The van der Waals surface area contributed by atoms with Crippen LogP contribution in [0.15, 0.2) is 29.2 Å². The predicted molar refractivity (Wildman–Crippen MR) is 81.0 cm³/mol. The fourth-order valence-corrected chi connectivity index (χ4v) is 4.41. The molecule has 0 atom stereocenters. The lowest BCUT2D eigenvalue weighted by molar-refractivity contribution is 0.260. The van der Waals surface area contributed by atoms with Gasteiger partial charge in [-0.15, -0.1) is 0 Å². The second kappa shape index (κ2) is 6.85. The van der Waals surface area contributed by atoms with Crippen LogP contribution >= 0.6 is 0 Å². The molecule has 0 spiro atoms. The first-order chi connectivity index (χ1) is 9.91. The predicted octanol–water partition coefficient (Wildman–Crippen LogP) is 2.22. The largest absolute Gasteiger partial charge is 0.317 e. The molecular formula is C15H23FN2O2S. The fraction of sp³-hybridized carbons (Fsp3) is 0.600. The highest BCUT2D eigenvalue weighted by molar-refractivity contribution is 7.89. The molecule has 1 heterocycles. The van der Waals surface area contributed by atoms with Crippen LogP contribution in [0.5, 0.6) is 0 Å². The number of piperidine rings is 1. The number of nitrogens with zero attached hydrogens (tertiary/aromatic N) is 1. The van der Waals surface area contributed by atoms with Crippen LogP contribution in [0.4, 0.5) is 4.39 Å². The van der Waals surface area contributed by atoms with Crippen molar-refractivity contribution in [2.24, 2.45) is 5.92 Å². The summed E-state index contributed by atoms with van der Waals surface area (Å²) in [5.74, 6) is -0.168. The Kier molecular flexibility index (Phi) is 5.35. The quantitative estimate of drug-likeness (QED) is 0.906. The average molecular weight is 314 g/mol. The average Bonchev–Trinajstić information content (AvgIpc) is 2.45. The van der Waals surface area contributed by atoms with Gasteiger partial charge in [0.15, 0.2) is 0 Å². The summed E-state index contributed by atoms with van der Waals surface area (Å²) >= 11 is 0. The van der Waals surface area contributed by atoms with Crippen LogP contribution in [-0.4, -0.2) is 38.4 Å². The number of nitrogens with one attached hydrogen (secondary N) is 1. The molecule has 21 heavy (non-hydrogen) atoms. The molecule has 2 rings (SSSR count). The van der Waals surface area contributed by atoms with Crippen molar-refractivity contribution in [3.05, 3.63) is 30.1 Å². The van der Waals surface area contributed by atoms with Gasteiger partial charge in [-0.3, -0.25) is 0 Å². The van der Waals surface area contributed by atoms with Gasteiger partial charge in [0.25, 0.3) is 0 Å². The van der Waals surface area contributed by atoms with Crippen LogP contribution in [0.1, 0.15) is 26.7 Å². The van der Waals surface area contributed by atoms with Crippen LogP contribution in [0.3, 0.4) is 0 Å². The Morgan fingerprint density at radius 1 is 1.33 bits per heavy atom. The maximum atomic E-state index is 13.3. The van der Waals surface area contributed by atoms with Gasteiger partial charge in [-0.2, -0.15) is 4.31 Å². The molecule has 0 unspecified atom stereocenters. The molecule has 1 aromatic rings. The Morgan fingerprint density at radius 3 is 2.57 bits per heavy atom. The summed E-state index contributed by atoms with van der Waals surface area (Å²) in [7, 11) is -3.65. The Labute approximate surface area is 126 Å². The topological polar surface area (TPSA) is 49.4 Å². The second-order valence-corrected chi connectivity index (χ2v) is 7.71. The molecule has 0 saturated carbocycles. The van der Waals surface area contributed by atoms with Gasteiger partial charge in [0.05, 0.1) is 4.90 Å². The zero-order valence-corrected chi connectivity index (χ0v) is 13.4. The van der Waals surface area contributed by atoms with E-state index in [9.17, 15) is 12.8 Å². The minimum atomic E-state index is -3.65. The molecule has 0 amide bonds. The molecule has 118 valence electrons. The first-order valence-corrected chi connectivity index (χ1v) is 8.83. The molecule has 6 heteroatoms. The first kappa shape index (κ1) is 16.4. The first-order valence-electron chi connectivity index (χ1n) is 7.39. The smallest absolute Gasteiger partial charge is 0.243 e. The molecule has 1 aromatic carbocycles. The molecule has 1 aliphatic heterocycles. The standard InChI is InChI=1S/C15H23FN2O2S/c1-12(2)18(11-13-6-8-17-9-7-13)21(19,20)15-5-3-4-14(16)10-15/h3-5,10,12-13,17H,6-9,11H2,1-2H3. The molecule has 1 fully saturated rings. The third-order valence-electron chi connectivity index (χ3n) is 3.88. The van der Waals surface area contributed by atoms with Gasteiger partial charge in [0, 0.05) is 12.6 Å². The van der Waals surface area contributed by atoms with Crippen molar-refractivity contribution in [1.29, 1.82) is 0 Å². The number of halogens is 1. The van der Waals surface area contributed by atoms with Gasteiger partial charge >= 0.3 is 0 Å². The molecule has 0 radical (unpaired) electrons. The minimum Gasteiger partial charge on any atom is -0.317 e. The van der Waals surface area contributed by atoms with Crippen molar-refractivity contribution in [2.45, 2.75) is 37.6 Å². The van der Waals surface area contributed by atoms with E-state index in [1.54, 1.807) is 0 Å². The van der Waals surface area contributed by atoms with Crippen molar-refractivity contribution in [1.82, 2.24) is 9.62 Å². The van der Waals surface area contributed by atoms with Gasteiger partial charge < -0.3 is 5.32 Å². The van der Waals surface area contributed by atoms with Crippen molar-refractivity contribution in [3.8, 4) is 0 Å². The van der Waals surface area contributed by atoms with Crippen molar-refractivity contribution in [2.75, 3.05) is 19.6 Å². The summed E-state index contributed by atoms with van der Waals surface area (Å²) < 4.78 is 40.3. The Balaban J connectivity index is 2.23. The summed E-state index contributed by atoms with van der Waals surface area (Å²) in [5, 5.41) is 3.28. The molecule has 1 N–H and O–H groups in total. The van der Waals surface area contributed by atoms with Gasteiger partial charge in [0.1, 0.15) is 5.82 Å². The van der Waals surface area contributed by atoms with E-state index in [1.165, 1.54) is 22.5 Å². The molecule has 0 aliphatic carbocycles. The Morgan fingerprint density at radius 2 is 2.00 bits per heavy atom. The van der Waals surface area contributed by atoms with E-state index in [0.717, 1.165) is 32.0 Å². The van der Waals surface area contributed by atoms with Crippen LogP contribution < -0.4 is 5.32 Å². The molecule has 0 bridgehead atoms. The molecule has 1 aliphatic rings. The molecule has 1 saturated heterocycles. The second-order valence-electron chi connectivity index (χ2n) is 5.82. The van der Waals surface area contributed by atoms with E-state index in [2.05, 4.69) is 5.32 Å². The lowest BCUT2D eigenvalue weighted by atomic mass is 9.98. The van der Waals surface area contributed by atoms with Crippen molar-refractivity contribution >= 4 is 10.0 Å². The zero-order valence-electron chi connectivity index (χ0n) is 12.5. The monoisotopic (exact) mass is 314 g/mol. The highest BCUT2D eigenvalue weighted by Crippen LogP contribution is 2.23. The molecular weight excluding hydrogens is 291 g/mol. The van der Waals surface area contributed by atoms with Crippen molar-refractivity contribution in [3.63, 3.8) is 0 Å². The highest BCUT2D eigenvalue weighted by atomic mass is 32.2. The lowest BCUT2D eigenvalue weighted by Crippen LogP contribution is -2.42. The van der Waals surface area contributed by atoms with Crippen LogP contribution in [0.25, 0.3) is 0 Å². The number of sulfonamides is 1. The van der Waals surface area contributed by atoms with E-state index < -0.39 is 15.8 Å². The fourth-order valence-electron chi connectivity index (χ4n) is 2.67. The summed E-state index contributed by atoms with van der Waals surface area (Å²) in [6.45, 7) is 6.07. The molecule has 4 nitrogen and oxygen atoms in total. The third kappa shape index (κ3) is 4.02. The normalized spacial score (nSPS) is 17.6. The Bertz CT molecular complexity index is 569. The minimum absolute atomic E-state index is 0.0325. The lowest BCUT2D eigenvalue weighted by Gasteiger charge is -2.32. The van der Waals surface area contributed by atoms with E-state index in [1.807, 2.05) is 13.8 Å². The van der Waals surface area contributed by atoms with Gasteiger partial charge in [0.2, 0.25) is 10.0 Å². The zero-order chi connectivity index (χ0) is 15.5. The van der Waals surface area contributed by atoms with E-state index in [-0.39, 0.29) is 10.9 Å². The maximum Gasteiger partial charge on any atom is 0.243 e. The summed E-state index contributed by atoms with van der Waals surface area (Å²) in [6, 6.07) is 5.09. The SMILES string of the molecule is CC(C)N(CC1CCNCC1)S(=O)(=O)c1cccc(F)c1. The summed E-state index contributed by atoms with van der Waals surface area (Å²) in [4.78, 5) is 0.0325. The molecule has 0 aromatic heterocycles. The van der Waals surface area contributed by atoms with E-state index >= 15 is 0 Å². The van der Waals surface area contributed by atoms with Crippen LogP contribution in [0.2, 0.25) is 0 Å². The number of benzene rings is 1. The van der Waals surface area contributed by atoms with Crippen molar-refractivity contribution < 1.29 is 12.8 Å². The number of hydrogen-bond donors (Lipinski definition) is 1. The van der Waals surface area contributed by atoms with E-state index in [0.29, 0.717) is 12.5 Å². The highest BCUT2D eigenvalue weighted by Gasteiger charge is 2.30. The third-order valence-corrected chi connectivity index (χ3v) is 5.91. The van der Waals surface area contributed by atoms with Crippen LogP contribution in [-0.2, 0) is 10.0 Å².